The van der Waals surface area contributed by atoms with Crippen LogP contribution in [0.1, 0.15) is 21.7 Å². The Balaban J connectivity index is 1.93. The molecule has 5 nitrogen and oxygen atoms in total. The molecule has 1 N–H and O–H groups in total. The van der Waals surface area contributed by atoms with Gasteiger partial charge < -0.3 is 14.7 Å². The van der Waals surface area contributed by atoms with E-state index in [4.69, 9.17) is 16.1 Å². The summed E-state index contributed by atoms with van der Waals surface area (Å²) in [5, 5.41) is 7.47. The minimum Gasteiger partial charge on any atom is -0.377 e. The van der Waals surface area contributed by atoms with Gasteiger partial charge in [-0.3, -0.25) is 4.79 Å². The first-order valence-electron chi connectivity index (χ1n) is 8.19. The maximum absolute atomic E-state index is 12.9. The molecule has 3 aromatic rings. The van der Waals surface area contributed by atoms with Gasteiger partial charge in [-0.1, -0.05) is 35.0 Å². The Hall–Kier alpha value is -2.79. The van der Waals surface area contributed by atoms with Crippen LogP contribution in [0.3, 0.4) is 0 Å². The van der Waals surface area contributed by atoms with Crippen LogP contribution in [0.2, 0.25) is 5.02 Å². The first-order valence-corrected chi connectivity index (χ1v) is 8.56. The van der Waals surface area contributed by atoms with Gasteiger partial charge in [0.25, 0.3) is 5.91 Å². The fraction of sp³-hybridized carbons (Fsp3) is 0.200. The minimum absolute atomic E-state index is 0.282. The van der Waals surface area contributed by atoms with E-state index in [0.717, 1.165) is 11.3 Å². The standard InChI is InChI=1S/C20H20ClN3O2/c1-12-11-14(9-10-17(12)24(3)4)22-20(25)18-13(2)26-23-19(18)15-7-5-6-8-16(15)21/h5-11H,1-4H3,(H,22,25). The average Bonchev–Trinajstić information content (AvgIpc) is 2.96. The highest BCUT2D eigenvalue weighted by molar-refractivity contribution is 6.33. The number of anilines is 2. The molecule has 0 aliphatic carbocycles. The second-order valence-electron chi connectivity index (χ2n) is 6.29. The summed E-state index contributed by atoms with van der Waals surface area (Å²) in [6.45, 7) is 3.72. The summed E-state index contributed by atoms with van der Waals surface area (Å²) < 4.78 is 5.26. The second kappa shape index (κ2) is 7.22. The molecule has 1 amide bonds. The summed E-state index contributed by atoms with van der Waals surface area (Å²) >= 11 is 6.25. The van der Waals surface area contributed by atoms with Crippen molar-refractivity contribution < 1.29 is 9.32 Å². The van der Waals surface area contributed by atoms with Gasteiger partial charge in [-0.2, -0.15) is 0 Å². The third-order valence-corrected chi connectivity index (χ3v) is 4.48. The van der Waals surface area contributed by atoms with E-state index in [1.807, 2.05) is 62.3 Å². The summed E-state index contributed by atoms with van der Waals surface area (Å²) in [4.78, 5) is 14.9. The molecular formula is C20H20ClN3O2. The number of hydrogen-bond donors (Lipinski definition) is 1. The number of rotatable bonds is 4. The van der Waals surface area contributed by atoms with Gasteiger partial charge in [0.05, 0.1) is 5.02 Å². The largest absolute Gasteiger partial charge is 0.377 e. The molecule has 0 aliphatic rings. The van der Waals surface area contributed by atoms with Gasteiger partial charge in [-0.15, -0.1) is 0 Å². The van der Waals surface area contributed by atoms with Crippen molar-refractivity contribution in [2.75, 3.05) is 24.3 Å². The van der Waals surface area contributed by atoms with E-state index in [1.165, 1.54) is 0 Å². The molecule has 0 saturated carbocycles. The van der Waals surface area contributed by atoms with Crippen molar-refractivity contribution in [1.82, 2.24) is 5.16 Å². The molecule has 0 fully saturated rings. The van der Waals surface area contributed by atoms with Gasteiger partial charge in [0.1, 0.15) is 17.0 Å². The second-order valence-corrected chi connectivity index (χ2v) is 6.70. The van der Waals surface area contributed by atoms with Crippen molar-refractivity contribution in [3.8, 4) is 11.3 Å². The normalized spacial score (nSPS) is 10.7. The molecule has 6 heteroatoms. The number of benzene rings is 2. The maximum Gasteiger partial charge on any atom is 0.261 e. The van der Waals surface area contributed by atoms with Crippen LogP contribution in [-0.2, 0) is 0 Å². The minimum atomic E-state index is -0.282. The molecule has 134 valence electrons. The van der Waals surface area contributed by atoms with Crippen molar-refractivity contribution >= 4 is 28.9 Å². The number of hydrogen-bond acceptors (Lipinski definition) is 4. The Labute approximate surface area is 157 Å². The number of halogens is 1. The molecule has 1 heterocycles. The zero-order valence-corrected chi connectivity index (χ0v) is 15.9. The number of nitrogens with one attached hydrogen (secondary N) is 1. The van der Waals surface area contributed by atoms with E-state index in [9.17, 15) is 4.79 Å². The molecule has 0 radical (unpaired) electrons. The average molecular weight is 370 g/mol. The van der Waals surface area contributed by atoms with Crippen LogP contribution in [0.15, 0.2) is 47.0 Å². The van der Waals surface area contributed by atoms with Crippen molar-refractivity contribution in [1.29, 1.82) is 0 Å². The zero-order valence-electron chi connectivity index (χ0n) is 15.1. The zero-order chi connectivity index (χ0) is 18.8. The molecule has 1 aromatic heterocycles. The topological polar surface area (TPSA) is 58.4 Å². The van der Waals surface area contributed by atoms with Crippen LogP contribution >= 0.6 is 11.6 Å². The third-order valence-electron chi connectivity index (χ3n) is 4.16. The van der Waals surface area contributed by atoms with Crippen LogP contribution in [-0.4, -0.2) is 25.2 Å². The van der Waals surface area contributed by atoms with E-state index in [2.05, 4.69) is 10.5 Å². The quantitative estimate of drug-likeness (QED) is 0.708. The Morgan fingerprint density at radius 3 is 2.54 bits per heavy atom. The summed E-state index contributed by atoms with van der Waals surface area (Å²) in [6.07, 6.45) is 0. The first-order chi connectivity index (χ1) is 12.4. The Kier molecular flexibility index (Phi) is 5.00. The van der Waals surface area contributed by atoms with Crippen molar-refractivity contribution in [3.05, 3.63) is 64.4 Å². The Morgan fingerprint density at radius 2 is 1.88 bits per heavy atom. The molecule has 0 atom stereocenters. The Bertz CT molecular complexity index is 963. The summed E-state index contributed by atoms with van der Waals surface area (Å²) in [5.74, 6) is 0.162. The van der Waals surface area contributed by atoms with E-state index in [-0.39, 0.29) is 5.91 Å². The number of aryl methyl sites for hydroxylation is 2. The number of aromatic nitrogens is 1. The molecular weight excluding hydrogens is 350 g/mol. The van der Waals surface area contributed by atoms with Crippen LogP contribution in [0.25, 0.3) is 11.3 Å². The van der Waals surface area contributed by atoms with Gasteiger partial charge in [0.2, 0.25) is 0 Å². The highest BCUT2D eigenvalue weighted by Crippen LogP contribution is 2.31. The summed E-state index contributed by atoms with van der Waals surface area (Å²) in [5.41, 5.74) is 4.36. The molecule has 0 bridgehead atoms. The van der Waals surface area contributed by atoms with Crippen molar-refractivity contribution in [3.63, 3.8) is 0 Å². The fourth-order valence-electron chi connectivity index (χ4n) is 2.91. The molecule has 2 aromatic carbocycles. The lowest BCUT2D eigenvalue weighted by Gasteiger charge is -2.16. The summed E-state index contributed by atoms with van der Waals surface area (Å²) in [6, 6.07) is 13.0. The first kappa shape index (κ1) is 18.0. The van der Waals surface area contributed by atoms with E-state index in [0.29, 0.717) is 33.3 Å². The number of carbonyl (C=O) groups is 1. The maximum atomic E-state index is 12.9. The number of carbonyl (C=O) groups excluding carboxylic acids is 1. The van der Waals surface area contributed by atoms with E-state index >= 15 is 0 Å². The lowest BCUT2D eigenvalue weighted by Crippen LogP contribution is -2.14. The number of amides is 1. The monoisotopic (exact) mass is 369 g/mol. The SMILES string of the molecule is Cc1cc(NC(=O)c2c(-c3ccccc3Cl)noc2C)ccc1N(C)C. The van der Waals surface area contributed by atoms with Gasteiger partial charge in [-0.25, -0.2) is 0 Å². The van der Waals surface area contributed by atoms with Crippen LogP contribution in [0.5, 0.6) is 0 Å². The van der Waals surface area contributed by atoms with Gasteiger partial charge in [0, 0.05) is 31.0 Å². The van der Waals surface area contributed by atoms with E-state index < -0.39 is 0 Å². The molecule has 0 spiro atoms. The molecule has 0 unspecified atom stereocenters. The fourth-order valence-corrected chi connectivity index (χ4v) is 3.13. The predicted molar refractivity (Wildman–Crippen MR) is 105 cm³/mol. The summed E-state index contributed by atoms with van der Waals surface area (Å²) in [7, 11) is 3.97. The van der Waals surface area contributed by atoms with Crippen LogP contribution in [0.4, 0.5) is 11.4 Å². The number of nitrogens with zero attached hydrogens (tertiary/aromatic N) is 2. The van der Waals surface area contributed by atoms with Gasteiger partial charge in [-0.05, 0) is 43.7 Å². The highest BCUT2D eigenvalue weighted by atomic mass is 35.5. The smallest absolute Gasteiger partial charge is 0.261 e. The van der Waals surface area contributed by atoms with E-state index in [1.54, 1.807) is 13.0 Å². The molecule has 0 saturated heterocycles. The van der Waals surface area contributed by atoms with Crippen LogP contribution in [0, 0.1) is 13.8 Å². The van der Waals surface area contributed by atoms with Gasteiger partial charge in [0.15, 0.2) is 0 Å². The van der Waals surface area contributed by atoms with Crippen molar-refractivity contribution in [2.45, 2.75) is 13.8 Å². The van der Waals surface area contributed by atoms with Crippen molar-refractivity contribution in [2.24, 2.45) is 0 Å². The van der Waals surface area contributed by atoms with Crippen LogP contribution < -0.4 is 10.2 Å². The lowest BCUT2D eigenvalue weighted by molar-refractivity contribution is 0.102. The lowest BCUT2D eigenvalue weighted by atomic mass is 10.1. The van der Waals surface area contributed by atoms with Gasteiger partial charge >= 0.3 is 0 Å². The molecule has 0 aliphatic heterocycles. The predicted octanol–water partition coefficient (Wildman–Crippen LogP) is 4.93. The Morgan fingerprint density at radius 1 is 1.15 bits per heavy atom. The highest BCUT2D eigenvalue weighted by Gasteiger charge is 2.23. The molecule has 26 heavy (non-hydrogen) atoms. The third kappa shape index (κ3) is 3.44. The molecule has 3 rings (SSSR count).